The van der Waals surface area contributed by atoms with E-state index < -0.39 is 29.8 Å². The maximum absolute atomic E-state index is 13.0. The van der Waals surface area contributed by atoms with Crippen LogP contribution in [0.1, 0.15) is 47.0 Å². The summed E-state index contributed by atoms with van der Waals surface area (Å²) < 4.78 is 0. The Bertz CT molecular complexity index is 836. The van der Waals surface area contributed by atoms with Crippen LogP contribution >= 0.6 is 0 Å². The van der Waals surface area contributed by atoms with Gasteiger partial charge >= 0.3 is 0 Å². The fraction of sp³-hybridized carbons (Fsp3) is 0.600. The lowest BCUT2D eigenvalue weighted by molar-refractivity contribution is -0.126. The number of ketones is 1. The number of rotatable bonds is 4. The number of likely N-dealkylation sites (N-methyl/N-ethyl adjacent to an activating group) is 1. The Hall–Kier alpha value is -2.14. The number of Topliss-reactive ketones (excluding diaryl/α,β-unsaturated/α-hetero) is 1. The number of nitrogens with zero attached hydrogens (tertiary/aromatic N) is 1. The molecule has 1 unspecified atom stereocenters. The number of carbonyl (C=O) groups is 2. The highest BCUT2D eigenvalue weighted by atomic mass is 16.3. The Morgan fingerprint density at radius 3 is 2.60 bits per heavy atom. The molecule has 164 valence electrons. The summed E-state index contributed by atoms with van der Waals surface area (Å²) in [4.78, 5) is 27.1. The summed E-state index contributed by atoms with van der Waals surface area (Å²) >= 11 is 0. The molecule has 5 heteroatoms. The average Bonchev–Trinajstić information content (AvgIpc) is 2.91. The van der Waals surface area contributed by atoms with Crippen molar-refractivity contribution in [3.63, 3.8) is 0 Å². The molecule has 3 aliphatic rings. The Morgan fingerprint density at radius 2 is 2.00 bits per heavy atom. The number of likely N-dealkylation sites (tertiary alicyclic amines) is 1. The van der Waals surface area contributed by atoms with Crippen LogP contribution in [0.2, 0.25) is 0 Å². The lowest BCUT2D eigenvalue weighted by Gasteiger charge is -2.52. The van der Waals surface area contributed by atoms with Gasteiger partial charge in [-0.3, -0.25) is 9.59 Å². The number of hydrogen-bond donors (Lipinski definition) is 2. The quantitative estimate of drug-likeness (QED) is 0.240. The zero-order chi connectivity index (χ0) is 22.2. The van der Waals surface area contributed by atoms with Gasteiger partial charge in [0, 0.05) is 18.4 Å². The summed E-state index contributed by atoms with van der Waals surface area (Å²) in [6.45, 7) is 7.86. The zero-order valence-electron chi connectivity index (χ0n) is 18.8. The largest absolute Gasteiger partial charge is 0.511 e. The standard InChI is InChI=1S/C25H35NO4/c1-6-7-8-9-18-16(3)13-17-12-15(2)10-11-19(17)25(18,4)23(29)21-22(28)20(14-27)26(5)24(21)30/h6-9,13,15,17-20,27,29H,10-12,14H2,1-5H3/b7-6+,9-8+,23-21+/t15-,17+,18?,19-,20+,25-/m0/s1. The van der Waals surface area contributed by atoms with Gasteiger partial charge in [0.05, 0.1) is 6.61 Å². The summed E-state index contributed by atoms with van der Waals surface area (Å²) in [7, 11) is 1.50. The van der Waals surface area contributed by atoms with Gasteiger partial charge in [0.15, 0.2) is 5.78 Å². The third-order valence-electron chi connectivity index (χ3n) is 7.62. The van der Waals surface area contributed by atoms with Crippen molar-refractivity contribution < 1.29 is 19.8 Å². The highest BCUT2D eigenvalue weighted by Gasteiger charge is 2.55. The van der Waals surface area contributed by atoms with E-state index in [0.717, 1.165) is 24.8 Å². The van der Waals surface area contributed by atoms with Crippen molar-refractivity contribution in [1.29, 1.82) is 0 Å². The minimum absolute atomic E-state index is 0.104. The third-order valence-corrected chi connectivity index (χ3v) is 7.62. The summed E-state index contributed by atoms with van der Waals surface area (Å²) in [6.07, 6.45) is 13.4. The molecule has 3 rings (SSSR count). The molecular weight excluding hydrogens is 378 g/mol. The van der Waals surface area contributed by atoms with Crippen molar-refractivity contribution in [2.75, 3.05) is 13.7 Å². The summed E-state index contributed by atoms with van der Waals surface area (Å²) in [5, 5.41) is 21.2. The van der Waals surface area contributed by atoms with E-state index in [1.165, 1.54) is 11.9 Å². The van der Waals surface area contributed by atoms with Gasteiger partial charge in [-0.15, -0.1) is 0 Å². The van der Waals surface area contributed by atoms with Gasteiger partial charge in [0.25, 0.3) is 5.91 Å². The Morgan fingerprint density at radius 1 is 1.30 bits per heavy atom. The molecule has 0 spiro atoms. The predicted molar refractivity (Wildman–Crippen MR) is 118 cm³/mol. The van der Waals surface area contributed by atoms with Crippen molar-refractivity contribution in [2.45, 2.75) is 53.0 Å². The topological polar surface area (TPSA) is 77.8 Å². The maximum atomic E-state index is 13.0. The van der Waals surface area contributed by atoms with Crippen LogP contribution in [-0.4, -0.2) is 46.5 Å². The van der Waals surface area contributed by atoms with Gasteiger partial charge in [-0.25, -0.2) is 0 Å². The predicted octanol–water partition coefficient (Wildman–Crippen LogP) is 3.97. The first kappa shape index (κ1) is 22.5. The second kappa shape index (κ2) is 8.54. The van der Waals surface area contributed by atoms with Crippen LogP contribution in [0.4, 0.5) is 0 Å². The molecule has 0 bridgehead atoms. The number of fused-ring (bicyclic) bond motifs is 1. The molecule has 1 heterocycles. The lowest BCUT2D eigenvalue weighted by atomic mass is 9.52. The molecule has 6 atom stereocenters. The van der Waals surface area contributed by atoms with E-state index in [9.17, 15) is 19.8 Å². The molecule has 30 heavy (non-hydrogen) atoms. The second-order valence-corrected chi connectivity index (χ2v) is 9.47. The highest BCUT2D eigenvalue weighted by molar-refractivity contribution is 6.26. The summed E-state index contributed by atoms with van der Waals surface area (Å²) in [6, 6.07) is -0.919. The van der Waals surface area contributed by atoms with Crippen LogP contribution in [0.5, 0.6) is 0 Å². The molecule has 0 aromatic carbocycles. The summed E-state index contributed by atoms with van der Waals surface area (Å²) in [5.41, 5.74) is 0.259. The van der Waals surface area contributed by atoms with Crippen LogP contribution in [0.3, 0.4) is 0 Å². The van der Waals surface area contributed by atoms with Crippen LogP contribution in [0, 0.1) is 29.1 Å². The molecule has 1 aliphatic heterocycles. The Labute approximate surface area is 179 Å². The van der Waals surface area contributed by atoms with Crippen molar-refractivity contribution in [2.24, 2.45) is 29.1 Å². The molecule has 2 N–H and O–H groups in total. The number of allylic oxidation sites excluding steroid dienone is 7. The van der Waals surface area contributed by atoms with Gasteiger partial charge < -0.3 is 15.1 Å². The van der Waals surface area contributed by atoms with E-state index in [1.807, 2.05) is 32.1 Å². The van der Waals surface area contributed by atoms with Crippen molar-refractivity contribution in [3.8, 4) is 0 Å². The SMILES string of the molecule is C/C=C/C=C/C1C(C)=C[C@H]2C[C@@H](C)CC[C@@H]2[C@@]1(C)/C(O)=C1/C(=O)[C@@H](CO)N(C)C1=O. The van der Waals surface area contributed by atoms with Crippen LogP contribution in [-0.2, 0) is 9.59 Å². The molecule has 1 saturated heterocycles. The summed E-state index contributed by atoms with van der Waals surface area (Å²) in [5.74, 6) is -0.128. The van der Waals surface area contributed by atoms with Gasteiger partial charge in [0.1, 0.15) is 17.4 Å². The average molecular weight is 414 g/mol. The number of amides is 1. The third kappa shape index (κ3) is 3.47. The van der Waals surface area contributed by atoms with Gasteiger partial charge in [-0.1, -0.05) is 56.2 Å². The van der Waals surface area contributed by atoms with Gasteiger partial charge in [-0.2, -0.15) is 0 Å². The normalized spacial score (nSPS) is 39.1. The van der Waals surface area contributed by atoms with Gasteiger partial charge in [0.2, 0.25) is 0 Å². The first-order valence-electron chi connectivity index (χ1n) is 11.0. The Kier molecular flexibility index (Phi) is 6.42. The van der Waals surface area contributed by atoms with E-state index in [-0.39, 0.29) is 23.2 Å². The molecule has 0 aromatic heterocycles. The fourth-order valence-corrected chi connectivity index (χ4v) is 5.92. The second-order valence-electron chi connectivity index (χ2n) is 9.47. The minimum Gasteiger partial charge on any atom is -0.511 e. The van der Waals surface area contributed by atoms with Crippen LogP contribution in [0.15, 0.2) is 47.3 Å². The van der Waals surface area contributed by atoms with Crippen molar-refractivity contribution in [1.82, 2.24) is 4.90 Å². The smallest absolute Gasteiger partial charge is 0.261 e. The fourth-order valence-electron chi connectivity index (χ4n) is 5.92. The Balaban J connectivity index is 2.19. The number of aliphatic hydroxyl groups excluding tert-OH is 2. The molecule has 1 amide bonds. The maximum Gasteiger partial charge on any atom is 0.261 e. The van der Waals surface area contributed by atoms with Crippen molar-refractivity contribution >= 4 is 11.7 Å². The molecule has 5 nitrogen and oxygen atoms in total. The van der Waals surface area contributed by atoms with E-state index in [0.29, 0.717) is 11.8 Å². The first-order valence-corrected chi connectivity index (χ1v) is 11.0. The zero-order valence-corrected chi connectivity index (χ0v) is 18.8. The van der Waals surface area contributed by atoms with Crippen LogP contribution in [0.25, 0.3) is 0 Å². The van der Waals surface area contributed by atoms with Crippen molar-refractivity contribution in [3.05, 3.63) is 47.3 Å². The molecule has 1 saturated carbocycles. The molecule has 0 radical (unpaired) electrons. The molecule has 2 fully saturated rings. The molecule has 0 aromatic rings. The number of carbonyl (C=O) groups excluding carboxylic acids is 2. The first-order chi connectivity index (χ1) is 14.2. The highest BCUT2D eigenvalue weighted by Crippen LogP contribution is 2.58. The monoisotopic (exact) mass is 413 g/mol. The van der Waals surface area contributed by atoms with E-state index in [2.05, 4.69) is 26.0 Å². The van der Waals surface area contributed by atoms with E-state index in [1.54, 1.807) is 0 Å². The van der Waals surface area contributed by atoms with E-state index in [4.69, 9.17) is 0 Å². The lowest BCUT2D eigenvalue weighted by Crippen LogP contribution is -2.46. The minimum atomic E-state index is -0.919. The molecule has 2 aliphatic carbocycles. The van der Waals surface area contributed by atoms with Crippen LogP contribution < -0.4 is 0 Å². The number of hydrogen-bond acceptors (Lipinski definition) is 4. The number of aliphatic hydroxyl groups is 2. The van der Waals surface area contributed by atoms with Gasteiger partial charge in [-0.05, 0) is 44.4 Å². The van der Waals surface area contributed by atoms with E-state index >= 15 is 0 Å². The molecular formula is C25H35NO4.